The van der Waals surface area contributed by atoms with Crippen LogP contribution in [0.4, 0.5) is 5.69 Å². The minimum Gasteiger partial charge on any atom is -0.360 e. The number of unbranched alkanes of at least 4 members (excludes halogenated alkanes) is 1. The molecule has 0 N–H and O–H groups in total. The van der Waals surface area contributed by atoms with Gasteiger partial charge in [0.15, 0.2) is 0 Å². The predicted octanol–water partition coefficient (Wildman–Crippen LogP) is 4.68. The Bertz CT molecular complexity index is 440. The first-order valence-electron chi connectivity index (χ1n) is 6.79. The third-order valence-electron chi connectivity index (χ3n) is 3.39. The molecule has 18 heavy (non-hydrogen) atoms. The van der Waals surface area contributed by atoms with E-state index < -0.39 is 0 Å². The maximum absolute atomic E-state index is 4.81. The number of likely N-dealkylation sites (tertiary alicyclic amines) is 1. The van der Waals surface area contributed by atoms with Crippen LogP contribution in [0.3, 0.4) is 0 Å². The quantitative estimate of drug-likeness (QED) is 0.788. The van der Waals surface area contributed by atoms with Gasteiger partial charge in [-0.25, -0.2) is 4.99 Å². The highest BCUT2D eigenvalue weighted by Crippen LogP contribution is 2.24. The summed E-state index contributed by atoms with van der Waals surface area (Å²) in [5, 5.41) is 0. The molecule has 0 atom stereocenters. The Morgan fingerprint density at radius 3 is 2.94 bits per heavy atom. The van der Waals surface area contributed by atoms with E-state index in [1.165, 1.54) is 37.2 Å². The van der Waals surface area contributed by atoms with Gasteiger partial charge in [-0.1, -0.05) is 35.3 Å². The van der Waals surface area contributed by atoms with E-state index in [1.807, 2.05) is 0 Å². The molecule has 1 fully saturated rings. The molecule has 3 heteroatoms. The highest BCUT2D eigenvalue weighted by molar-refractivity contribution is 9.10. The van der Waals surface area contributed by atoms with Gasteiger partial charge in [0.05, 0.1) is 5.69 Å². The fourth-order valence-corrected chi connectivity index (χ4v) is 2.60. The van der Waals surface area contributed by atoms with Crippen molar-refractivity contribution < 1.29 is 0 Å². The molecule has 1 aliphatic rings. The molecule has 0 aromatic heterocycles. The first-order chi connectivity index (χ1) is 8.70. The lowest BCUT2D eigenvalue weighted by molar-refractivity contribution is 0.440. The molecule has 1 heterocycles. The van der Waals surface area contributed by atoms with Crippen LogP contribution in [0.2, 0.25) is 0 Å². The van der Waals surface area contributed by atoms with E-state index in [-0.39, 0.29) is 0 Å². The van der Waals surface area contributed by atoms with Crippen LogP contribution in [0, 0.1) is 6.92 Å². The number of rotatable bonds is 4. The van der Waals surface area contributed by atoms with Crippen molar-refractivity contribution in [3.05, 3.63) is 28.2 Å². The van der Waals surface area contributed by atoms with Crippen LogP contribution in [0.1, 0.15) is 38.2 Å². The van der Waals surface area contributed by atoms with Crippen LogP contribution in [-0.2, 0) is 0 Å². The van der Waals surface area contributed by atoms with Crippen LogP contribution in [0.25, 0.3) is 0 Å². The molecule has 1 aliphatic heterocycles. The number of aryl methyl sites for hydroxylation is 1. The number of benzene rings is 1. The standard InChI is InChI=1S/C15H21BrN2/c1-3-4-9-18-10-5-6-15(18)17-13-8-7-12(2)14(16)11-13/h7-8,11H,3-6,9-10H2,1-2H3. The van der Waals surface area contributed by atoms with Gasteiger partial charge in [-0.3, -0.25) is 0 Å². The van der Waals surface area contributed by atoms with Gasteiger partial charge in [0.25, 0.3) is 0 Å². The monoisotopic (exact) mass is 308 g/mol. The van der Waals surface area contributed by atoms with E-state index in [4.69, 9.17) is 4.99 Å². The Morgan fingerprint density at radius 2 is 2.22 bits per heavy atom. The number of nitrogens with zero attached hydrogens (tertiary/aromatic N) is 2. The lowest BCUT2D eigenvalue weighted by Crippen LogP contribution is -2.25. The van der Waals surface area contributed by atoms with E-state index in [0.717, 1.165) is 23.1 Å². The van der Waals surface area contributed by atoms with Gasteiger partial charge in [-0.2, -0.15) is 0 Å². The summed E-state index contributed by atoms with van der Waals surface area (Å²) >= 11 is 3.57. The lowest BCUT2D eigenvalue weighted by atomic mass is 10.2. The molecule has 0 unspecified atom stereocenters. The largest absolute Gasteiger partial charge is 0.360 e. The van der Waals surface area contributed by atoms with Crippen molar-refractivity contribution in [1.29, 1.82) is 0 Å². The van der Waals surface area contributed by atoms with Crippen molar-refractivity contribution in [3.8, 4) is 0 Å². The molecule has 1 aromatic rings. The van der Waals surface area contributed by atoms with Crippen molar-refractivity contribution in [2.75, 3.05) is 13.1 Å². The minimum atomic E-state index is 1.06. The summed E-state index contributed by atoms with van der Waals surface area (Å²) in [7, 11) is 0. The Balaban J connectivity index is 2.13. The van der Waals surface area contributed by atoms with Crippen molar-refractivity contribution in [3.63, 3.8) is 0 Å². The van der Waals surface area contributed by atoms with E-state index in [1.54, 1.807) is 0 Å². The van der Waals surface area contributed by atoms with Gasteiger partial charge in [0, 0.05) is 24.0 Å². The smallest absolute Gasteiger partial charge is 0.105 e. The molecule has 0 radical (unpaired) electrons. The molecule has 0 saturated carbocycles. The average molecular weight is 309 g/mol. The van der Waals surface area contributed by atoms with Gasteiger partial charge in [-0.05, 0) is 37.5 Å². The van der Waals surface area contributed by atoms with Gasteiger partial charge >= 0.3 is 0 Å². The Hall–Kier alpha value is -0.830. The zero-order valence-electron chi connectivity index (χ0n) is 11.2. The van der Waals surface area contributed by atoms with Crippen molar-refractivity contribution in [2.24, 2.45) is 4.99 Å². The van der Waals surface area contributed by atoms with Crippen LogP contribution in [-0.4, -0.2) is 23.8 Å². The summed E-state index contributed by atoms with van der Waals surface area (Å²) in [4.78, 5) is 7.25. The van der Waals surface area contributed by atoms with E-state index in [2.05, 4.69) is 52.9 Å². The molecular weight excluding hydrogens is 288 g/mol. The summed E-state index contributed by atoms with van der Waals surface area (Å²) in [5.41, 5.74) is 2.32. The fourth-order valence-electron chi connectivity index (χ4n) is 2.23. The molecule has 0 bridgehead atoms. The molecule has 2 nitrogen and oxygen atoms in total. The zero-order chi connectivity index (χ0) is 13.0. The first-order valence-corrected chi connectivity index (χ1v) is 7.58. The highest BCUT2D eigenvalue weighted by Gasteiger charge is 2.17. The second-order valence-electron chi connectivity index (χ2n) is 4.91. The maximum atomic E-state index is 4.81. The highest BCUT2D eigenvalue weighted by atomic mass is 79.9. The van der Waals surface area contributed by atoms with Crippen molar-refractivity contribution >= 4 is 27.5 Å². The SMILES string of the molecule is CCCCN1CCCC1=Nc1ccc(C)c(Br)c1. The topological polar surface area (TPSA) is 15.6 Å². The Kier molecular flexibility index (Phi) is 4.81. The van der Waals surface area contributed by atoms with E-state index >= 15 is 0 Å². The average Bonchev–Trinajstić information content (AvgIpc) is 2.79. The normalized spacial score (nSPS) is 17.7. The lowest BCUT2D eigenvalue weighted by Gasteiger charge is -2.18. The molecular formula is C15H21BrN2. The Morgan fingerprint density at radius 1 is 1.39 bits per heavy atom. The minimum absolute atomic E-state index is 1.06. The molecule has 1 saturated heterocycles. The van der Waals surface area contributed by atoms with E-state index in [0.29, 0.717) is 0 Å². The molecule has 0 spiro atoms. The zero-order valence-corrected chi connectivity index (χ0v) is 12.8. The maximum Gasteiger partial charge on any atom is 0.105 e. The van der Waals surface area contributed by atoms with E-state index in [9.17, 15) is 0 Å². The molecule has 2 rings (SSSR count). The van der Waals surface area contributed by atoms with Crippen LogP contribution >= 0.6 is 15.9 Å². The summed E-state index contributed by atoms with van der Waals surface area (Å²) in [6.45, 7) is 6.67. The number of hydrogen-bond acceptors (Lipinski definition) is 1. The molecule has 1 aromatic carbocycles. The second kappa shape index (κ2) is 6.37. The molecule has 98 valence electrons. The predicted molar refractivity (Wildman–Crippen MR) is 81.7 cm³/mol. The number of amidine groups is 1. The van der Waals surface area contributed by atoms with Crippen LogP contribution < -0.4 is 0 Å². The van der Waals surface area contributed by atoms with Crippen LogP contribution in [0.5, 0.6) is 0 Å². The molecule has 0 amide bonds. The van der Waals surface area contributed by atoms with Gasteiger partial charge in [-0.15, -0.1) is 0 Å². The third kappa shape index (κ3) is 3.35. The second-order valence-corrected chi connectivity index (χ2v) is 5.76. The summed E-state index contributed by atoms with van der Waals surface area (Å²) in [5.74, 6) is 1.26. The van der Waals surface area contributed by atoms with Gasteiger partial charge in [0.2, 0.25) is 0 Å². The van der Waals surface area contributed by atoms with Gasteiger partial charge < -0.3 is 4.90 Å². The number of halogens is 1. The summed E-state index contributed by atoms with van der Waals surface area (Å²) < 4.78 is 1.14. The number of hydrogen-bond donors (Lipinski definition) is 0. The number of aliphatic imine (C=N–C) groups is 1. The Labute approximate surface area is 118 Å². The van der Waals surface area contributed by atoms with Crippen molar-refractivity contribution in [1.82, 2.24) is 4.90 Å². The summed E-state index contributed by atoms with van der Waals surface area (Å²) in [6.07, 6.45) is 4.88. The molecule has 0 aliphatic carbocycles. The third-order valence-corrected chi connectivity index (χ3v) is 4.24. The van der Waals surface area contributed by atoms with Crippen molar-refractivity contribution in [2.45, 2.75) is 39.5 Å². The fraction of sp³-hybridized carbons (Fsp3) is 0.533. The summed E-state index contributed by atoms with van der Waals surface area (Å²) in [6, 6.07) is 6.33. The van der Waals surface area contributed by atoms with Gasteiger partial charge in [0.1, 0.15) is 5.84 Å². The first kappa shape index (κ1) is 13.6. The van der Waals surface area contributed by atoms with Crippen LogP contribution in [0.15, 0.2) is 27.7 Å².